The number of nitrogens with one attached hydrogen (secondary N) is 1. The Labute approximate surface area is 142 Å². The van der Waals surface area contributed by atoms with Gasteiger partial charge in [-0.15, -0.1) is 0 Å². The molecule has 0 unspecified atom stereocenters. The van der Waals surface area contributed by atoms with Crippen molar-refractivity contribution >= 4 is 16.9 Å². The third kappa shape index (κ3) is 3.21. The lowest BCUT2D eigenvalue weighted by Gasteiger charge is -2.19. The Morgan fingerprint density at radius 1 is 1.00 bits per heavy atom. The van der Waals surface area contributed by atoms with Crippen LogP contribution < -0.4 is 0 Å². The van der Waals surface area contributed by atoms with Gasteiger partial charge in [0.05, 0.1) is 6.61 Å². The zero-order chi connectivity index (χ0) is 17.3. The minimum atomic E-state index is -0.315. The van der Waals surface area contributed by atoms with E-state index in [1.165, 1.54) is 5.56 Å². The summed E-state index contributed by atoms with van der Waals surface area (Å²) in [7, 11) is 0. The fourth-order valence-electron chi connectivity index (χ4n) is 2.79. The molecule has 0 aliphatic heterocycles. The molecule has 0 bridgehead atoms. The van der Waals surface area contributed by atoms with Crippen LogP contribution in [-0.2, 0) is 10.2 Å². The lowest BCUT2D eigenvalue weighted by Crippen LogP contribution is -2.10. The number of H-pyrrole nitrogens is 1. The standard InChI is InChI=1S/C21H23NO2/c1-5-24-20(23)19-13-16-7-6-15(12-18(16)22-19)14-8-10-17(11-9-14)21(2,3)4/h6-13,22H,5H2,1-4H3. The van der Waals surface area contributed by atoms with Crippen molar-refractivity contribution < 1.29 is 9.53 Å². The van der Waals surface area contributed by atoms with Gasteiger partial charge in [0, 0.05) is 10.9 Å². The first-order valence-corrected chi connectivity index (χ1v) is 8.29. The van der Waals surface area contributed by atoms with Crippen LogP contribution >= 0.6 is 0 Å². The third-order valence-corrected chi connectivity index (χ3v) is 4.20. The second-order valence-corrected chi connectivity index (χ2v) is 7.03. The highest BCUT2D eigenvalue weighted by Crippen LogP contribution is 2.28. The highest BCUT2D eigenvalue weighted by molar-refractivity contribution is 5.96. The number of aromatic nitrogens is 1. The number of carbonyl (C=O) groups excluding carboxylic acids is 1. The summed E-state index contributed by atoms with van der Waals surface area (Å²) in [5.74, 6) is -0.315. The largest absolute Gasteiger partial charge is 0.461 e. The quantitative estimate of drug-likeness (QED) is 0.664. The molecule has 124 valence electrons. The van der Waals surface area contributed by atoms with E-state index in [9.17, 15) is 4.79 Å². The Bertz CT molecular complexity index is 867. The first kappa shape index (κ1) is 16.3. The molecule has 0 saturated heterocycles. The van der Waals surface area contributed by atoms with Crippen LogP contribution in [0, 0.1) is 0 Å². The molecule has 3 rings (SSSR count). The van der Waals surface area contributed by atoms with E-state index in [0.717, 1.165) is 22.0 Å². The van der Waals surface area contributed by atoms with Crippen molar-refractivity contribution in [3.63, 3.8) is 0 Å². The maximum atomic E-state index is 11.8. The Morgan fingerprint density at radius 3 is 2.29 bits per heavy atom. The topological polar surface area (TPSA) is 42.1 Å². The molecule has 2 aromatic carbocycles. The lowest BCUT2D eigenvalue weighted by molar-refractivity contribution is 0.0520. The smallest absolute Gasteiger partial charge is 0.354 e. The molecule has 1 heterocycles. The molecular weight excluding hydrogens is 298 g/mol. The maximum absolute atomic E-state index is 11.8. The predicted octanol–water partition coefficient (Wildman–Crippen LogP) is 5.31. The minimum Gasteiger partial charge on any atom is -0.461 e. The van der Waals surface area contributed by atoms with E-state index in [1.807, 2.05) is 12.1 Å². The molecule has 0 aliphatic carbocycles. The number of carbonyl (C=O) groups is 1. The van der Waals surface area contributed by atoms with Gasteiger partial charge in [-0.05, 0) is 41.2 Å². The van der Waals surface area contributed by atoms with Gasteiger partial charge >= 0.3 is 5.97 Å². The van der Waals surface area contributed by atoms with Crippen LogP contribution in [0.4, 0.5) is 0 Å². The summed E-state index contributed by atoms with van der Waals surface area (Å²) < 4.78 is 5.05. The highest BCUT2D eigenvalue weighted by Gasteiger charge is 2.14. The number of aromatic amines is 1. The summed E-state index contributed by atoms with van der Waals surface area (Å²) in [5.41, 5.74) is 5.19. The van der Waals surface area contributed by atoms with Gasteiger partial charge < -0.3 is 9.72 Å². The first-order valence-electron chi connectivity index (χ1n) is 8.29. The van der Waals surface area contributed by atoms with Crippen molar-refractivity contribution in [2.45, 2.75) is 33.1 Å². The van der Waals surface area contributed by atoms with Crippen molar-refractivity contribution in [1.29, 1.82) is 0 Å². The normalized spacial score (nSPS) is 11.7. The average Bonchev–Trinajstić information content (AvgIpc) is 2.97. The number of ether oxygens (including phenoxy) is 1. The lowest BCUT2D eigenvalue weighted by atomic mass is 9.86. The number of hydrogen-bond donors (Lipinski definition) is 1. The Hall–Kier alpha value is -2.55. The predicted molar refractivity (Wildman–Crippen MR) is 98.4 cm³/mol. The van der Waals surface area contributed by atoms with Gasteiger partial charge in [0.15, 0.2) is 0 Å². The molecule has 24 heavy (non-hydrogen) atoms. The number of fused-ring (bicyclic) bond motifs is 1. The zero-order valence-electron chi connectivity index (χ0n) is 14.6. The van der Waals surface area contributed by atoms with Crippen molar-refractivity contribution in [1.82, 2.24) is 4.98 Å². The molecule has 3 aromatic rings. The zero-order valence-corrected chi connectivity index (χ0v) is 14.6. The molecule has 0 amide bonds. The Kier molecular flexibility index (Phi) is 4.18. The van der Waals surface area contributed by atoms with Gasteiger partial charge in [-0.3, -0.25) is 0 Å². The van der Waals surface area contributed by atoms with Crippen LogP contribution in [0.25, 0.3) is 22.0 Å². The van der Waals surface area contributed by atoms with Crippen molar-refractivity contribution in [2.24, 2.45) is 0 Å². The van der Waals surface area contributed by atoms with Crippen LogP contribution in [0.3, 0.4) is 0 Å². The minimum absolute atomic E-state index is 0.149. The van der Waals surface area contributed by atoms with Crippen molar-refractivity contribution in [3.05, 3.63) is 59.8 Å². The van der Waals surface area contributed by atoms with Crippen LogP contribution in [0.1, 0.15) is 43.7 Å². The summed E-state index contributed by atoms with van der Waals surface area (Å²) in [4.78, 5) is 15.0. The summed E-state index contributed by atoms with van der Waals surface area (Å²) in [6.45, 7) is 8.82. The summed E-state index contributed by atoms with van der Waals surface area (Å²) in [6, 6.07) is 16.7. The van der Waals surface area contributed by atoms with E-state index in [1.54, 1.807) is 6.92 Å². The van der Waals surface area contributed by atoms with Gasteiger partial charge in [0.25, 0.3) is 0 Å². The molecule has 0 spiro atoms. The average molecular weight is 321 g/mol. The molecule has 0 aliphatic rings. The molecule has 3 nitrogen and oxygen atoms in total. The molecule has 0 radical (unpaired) electrons. The highest BCUT2D eigenvalue weighted by atomic mass is 16.5. The molecule has 0 saturated carbocycles. The van der Waals surface area contributed by atoms with Gasteiger partial charge in [-0.25, -0.2) is 4.79 Å². The fraction of sp³-hybridized carbons (Fsp3) is 0.286. The van der Waals surface area contributed by atoms with Crippen LogP contribution in [0.15, 0.2) is 48.5 Å². The Balaban J connectivity index is 1.94. The number of hydrogen-bond acceptors (Lipinski definition) is 2. The molecule has 1 N–H and O–H groups in total. The van der Waals surface area contributed by atoms with E-state index in [2.05, 4.69) is 62.2 Å². The monoisotopic (exact) mass is 321 g/mol. The van der Waals surface area contributed by atoms with E-state index in [-0.39, 0.29) is 11.4 Å². The third-order valence-electron chi connectivity index (χ3n) is 4.20. The van der Waals surface area contributed by atoms with Gasteiger partial charge in [0.2, 0.25) is 0 Å². The number of esters is 1. The van der Waals surface area contributed by atoms with Crippen molar-refractivity contribution in [2.75, 3.05) is 6.61 Å². The summed E-state index contributed by atoms with van der Waals surface area (Å²) >= 11 is 0. The second kappa shape index (κ2) is 6.16. The van der Waals surface area contributed by atoms with Crippen LogP contribution in [0.5, 0.6) is 0 Å². The number of rotatable bonds is 3. The van der Waals surface area contributed by atoms with E-state index < -0.39 is 0 Å². The molecule has 0 atom stereocenters. The van der Waals surface area contributed by atoms with Crippen LogP contribution in [-0.4, -0.2) is 17.6 Å². The van der Waals surface area contributed by atoms with Crippen molar-refractivity contribution in [3.8, 4) is 11.1 Å². The molecule has 1 aromatic heterocycles. The summed E-state index contributed by atoms with van der Waals surface area (Å²) in [6.07, 6.45) is 0. The van der Waals surface area contributed by atoms with Crippen LogP contribution in [0.2, 0.25) is 0 Å². The second-order valence-electron chi connectivity index (χ2n) is 7.03. The summed E-state index contributed by atoms with van der Waals surface area (Å²) in [5, 5.41) is 1.01. The number of benzene rings is 2. The van der Waals surface area contributed by atoms with Gasteiger partial charge in [-0.1, -0.05) is 57.2 Å². The van der Waals surface area contributed by atoms with Gasteiger partial charge in [-0.2, -0.15) is 0 Å². The molecular formula is C21H23NO2. The van der Waals surface area contributed by atoms with E-state index >= 15 is 0 Å². The fourth-order valence-corrected chi connectivity index (χ4v) is 2.79. The maximum Gasteiger partial charge on any atom is 0.354 e. The first-order chi connectivity index (χ1) is 11.4. The SMILES string of the molecule is CCOC(=O)c1cc2ccc(-c3ccc(C(C)(C)C)cc3)cc2[nH]1. The van der Waals surface area contributed by atoms with Gasteiger partial charge in [0.1, 0.15) is 5.69 Å². The van der Waals surface area contributed by atoms with E-state index in [4.69, 9.17) is 4.74 Å². The Morgan fingerprint density at radius 2 is 1.67 bits per heavy atom. The molecule has 0 fully saturated rings. The molecule has 3 heteroatoms. The van der Waals surface area contributed by atoms with E-state index in [0.29, 0.717) is 12.3 Å².